The lowest BCUT2D eigenvalue weighted by Gasteiger charge is -2.20. The monoisotopic (exact) mass is 407 g/mol. The van der Waals surface area contributed by atoms with E-state index in [1.807, 2.05) is 6.07 Å². The summed E-state index contributed by atoms with van der Waals surface area (Å²) in [5, 5.41) is 3.49. The molecule has 1 heterocycles. The first-order valence-electron chi connectivity index (χ1n) is 8.37. The van der Waals surface area contributed by atoms with Crippen LogP contribution in [0.15, 0.2) is 65.7 Å². The van der Waals surface area contributed by atoms with Crippen molar-refractivity contribution in [3.63, 3.8) is 0 Å². The Labute approximate surface area is 161 Å². The van der Waals surface area contributed by atoms with E-state index in [9.17, 15) is 17.2 Å². The van der Waals surface area contributed by atoms with Crippen LogP contribution in [0.5, 0.6) is 5.75 Å². The predicted molar refractivity (Wildman–Crippen MR) is 99.8 cm³/mol. The van der Waals surface area contributed by atoms with Crippen molar-refractivity contribution in [2.24, 2.45) is 0 Å². The first-order chi connectivity index (χ1) is 13.3. The number of nitrogens with zero attached hydrogens (tertiary/aromatic N) is 2. The minimum atomic E-state index is -4.11. The van der Waals surface area contributed by atoms with Crippen molar-refractivity contribution in [3.8, 4) is 5.75 Å². The standard InChI is InChI=1S/C19H19F2N3O3S/c1-13-17(12-22-24(13)19(20)21)28(25,26)23-18(14-6-4-3-5-7-14)15-8-10-16(27-2)11-9-15/h3-12,18-19,23H,1-2H3/t18-/m1/s1. The first-order valence-corrected chi connectivity index (χ1v) is 9.85. The molecule has 0 aliphatic rings. The van der Waals surface area contributed by atoms with Crippen LogP contribution in [0.1, 0.15) is 29.4 Å². The summed E-state index contributed by atoms with van der Waals surface area (Å²) in [6, 6.07) is 15.2. The maximum atomic E-state index is 13.0. The van der Waals surface area contributed by atoms with Gasteiger partial charge in [-0.3, -0.25) is 0 Å². The maximum Gasteiger partial charge on any atom is 0.333 e. The lowest BCUT2D eigenvalue weighted by molar-refractivity contribution is 0.0541. The number of hydrogen-bond donors (Lipinski definition) is 1. The van der Waals surface area contributed by atoms with Crippen LogP contribution < -0.4 is 9.46 Å². The van der Waals surface area contributed by atoms with Crippen molar-refractivity contribution < 1.29 is 21.9 Å². The number of nitrogens with one attached hydrogen (secondary N) is 1. The van der Waals surface area contributed by atoms with Crippen LogP contribution >= 0.6 is 0 Å². The molecule has 0 aliphatic carbocycles. The second-order valence-corrected chi connectivity index (χ2v) is 7.74. The molecule has 0 saturated carbocycles. The van der Waals surface area contributed by atoms with Crippen molar-refractivity contribution in [3.05, 3.63) is 77.6 Å². The highest BCUT2D eigenvalue weighted by Gasteiger charge is 2.27. The van der Waals surface area contributed by atoms with E-state index in [0.29, 0.717) is 21.6 Å². The zero-order valence-corrected chi connectivity index (χ0v) is 16.0. The predicted octanol–water partition coefficient (Wildman–Crippen LogP) is 3.66. The molecule has 9 heteroatoms. The largest absolute Gasteiger partial charge is 0.497 e. The summed E-state index contributed by atoms with van der Waals surface area (Å²) in [7, 11) is -2.58. The molecule has 0 spiro atoms. The lowest BCUT2D eigenvalue weighted by atomic mass is 10.00. The second-order valence-electron chi connectivity index (χ2n) is 6.05. The summed E-state index contributed by atoms with van der Waals surface area (Å²) >= 11 is 0. The van der Waals surface area contributed by atoms with E-state index in [2.05, 4.69) is 9.82 Å². The molecule has 148 valence electrons. The quantitative estimate of drug-likeness (QED) is 0.649. The van der Waals surface area contributed by atoms with Gasteiger partial charge in [0.15, 0.2) is 0 Å². The molecule has 0 radical (unpaired) electrons. The average Bonchev–Trinajstić information content (AvgIpc) is 3.09. The zero-order chi connectivity index (χ0) is 20.3. The molecule has 3 aromatic rings. The third-order valence-electron chi connectivity index (χ3n) is 4.33. The third kappa shape index (κ3) is 4.05. The van der Waals surface area contributed by atoms with E-state index >= 15 is 0 Å². The molecule has 6 nitrogen and oxygen atoms in total. The molecule has 0 saturated heterocycles. The van der Waals surface area contributed by atoms with Gasteiger partial charge >= 0.3 is 6.55 Å². The lowest BCUT2D eigenvalue weighted by Crippen LogP contribution is -2.29. The van der Waals surface area contributed by atoms with Crippen LogP contribution in [0, 0.1) is 6.92 Å². The Morgan fingerprint density at radius 1 is 1.04 bits per heavy atom. The summed E-state index contributed by atoms with van der Waals surface area (Å²) in [4.78, 5) is -0.290. The van der Waals surface area contributed by atoms with Crippen LogP contribution in [0.4, 0.5) is 8.78 Å². The Bertz CT molecular complexity index is 1040. The van der Waals surface area contributed by atoms with E-state index < -0.39 is 22.6 Å². The van der Waals surface area contributed by atoms with Gasteiger partial charge in [-0.15, -0.1) is 0 Å². The topological polar surface area (TPSA) is 73.2 Å². The highest BCUT2D eigenvalue weighted by Crippen LogP contribution is 2.27. The van der Waals surface area contributed by atoms with Gasteiger partial charge in [0, 0.05) is 0 Å². The average molecular weight is 407 g/mol. The molecule has 3 rings (SSSR count). The number of sulfonamides is 1. The highest BCUT2D eigenvalue weighted by molar-refractivity contribution is 7.89. The fraction of sp³-hybridized carbons (Fsp3) is 0.211. The second kappa shape index (κ2) is 8.07. The number of methoxy groups -OCH3 is 1. The van der Waals surface area contributed by atoms with Gasteiger partial charge in [0.05, 0.1) is 25.0 Å². The highest BCUT2D eigenvalue weighted by atomic mass is 32.2. The minimum absolute atomic E-state index is 0.135. The molecule has 1 aromatic heterocycles. The SMILES string of the molecule is COc1ccc([C@H](NS(=O)(=O)c2cnn(C(F)F)c2C)c2ccccc2)cc1. The van der Waals surface area contributed by atoms with Gasteiger partial charge < -0.3 is 4.74 Å². The number of alkyl halides is 2. The van der Waals surface area contributed by atoms with E-state index in [4.69, 9.17) is 4.74 Å². The third-order valence-corrected chi connectivity index (χ3v) is 5.85. The van der Waals surface area contributed by atoms with Gasteiger partial charge in [-0.05, 0) is 30.2 Å². The molecular formula is C19H19F2N3O3S. The smallest absolute Gasteiger partial charge is 0.333 e. The van der Waals surface area contributed by atoms with Gasteiger partial charge in [-0.2, -0.15) is 18.6 Å². The Hall–Kier alpha value is -2.78. The van der Waals surface area contributed by atoms with E-state index in [1.165, 1.54) is 14.0 Å². The van der Waals surface area contributed by atoms with Crippen molar-refractivity contribution >= 4 is 10.0 Å². The summed E-state index contributed by atoms with van der Waals surface area (Å²) in [6.45, 7) is -1.63. The molecular weight excluding hydrogens is 388 g/mol. The summed E-state index contributed by atoms with van der Waals surface area (Å²) < 4.78 is 59.9. The van der Waals surface area contributed by atoms with Gasteiger partial charge in [-0.25, -0.2) is 13.1 Å². The number of aromatic nitrogens is 2. The molecule has 28 heavy (non-hydrogen) atoms. The fourth-order valence-corrected chi connectivity index (χ4v) is 4.23. The molecule has 2 aromatic carbocycles. The van der Waals surface area contributed by atoms with Gasteiger partial charge in [0.2, 0.25) is 10.0 Å². The van der Waals surface area contributed by atoms with Crippen LogP contribution in [0.2, 0.25) is 0 Å². The van der Waals surface area contributed by atoms with E-state index in [0.717, 1.165) is 6.20 Å². The van der Waals surface area contributed by atoms with Crippen molar-refractivity contribution in [2.45, 2.75) is 24.4 Å². The Balaban J connectivity index is 2.01. The van der Waals surface area contributed by atoms with Crippen LogP contribution in [-0.4, -0.2) is 25.3 Å². The molecule has 0 fully saturated rings. The fourth-order valence-electron chi connectivity index (χ4n) is 2.86. The molecule has 0 bridgehead atoms. The van der Waals surface area contributed by atoms with Crippen LogP contribution in [0.25, 0.3) is 0 Å². The number of benzene rings is 2. The minimum Gasteiger partial charge on any atom is -0.497 e. The van der Waals surface area contributed by atoms with Crippen LogP contribution in [-0.2, 0) is 10.0 Å². The van der Waals surface area contributed by atoms with Gasteiger partial charge in [-0.1, -0.05) is 42.5 Å². The van der Waals surface area contributed by atoms with E-state index in [-0.39, 0.29) is 10.6 Å². The summed E-state index contributed by atoms with van der Waals surface area (Å²) in [6.07, 6.45) is 0.930. The van der Waals surface area contributed by atoms with Crippen LogP contribution in [0.3, 0.4) is 0 Å². The Morgan fingerprint density at radius 2 is 1.64 bits per heavy atom. The van der Waals surface area contributed by atoms with Crippen molar-refractivity contribution in [1.82, 2.24) is 14.5 Å². The van der Waals surface area contributed by atoms with Crippen molar-refractivity contribution in [2.75, 3.05) is 7.11 Å². The van der Waals surface area contributed by atoms with Gasteiger partial charge in [0.25, 0.3) is 0 Å². The molecule has 1 N–H and O–H groups in total. The molecule has 0 unspecified atom stereocenters. The van der Waals surface area contributed by atoms with E-state index in [1.54, 1.807) is 48.5 Å². The normalized spacial score (nSPS) is 12.9. The Morgan fingerprint density at radius 3 is 2.18 bits per heavy atom. The zero-order valence-electron chi connectivity index (χ0n) is 15.2. The maximum absolute atomic E-state index is 13.0. The first kappa shape index (κ1) is 20.0. The number of hydrogen-bond acceptors (Lipinski definition) is 4. The Kier molecular flexibility index (Phi) is 5.76. The molecule has 0 aliphatic heterocycles. The summed E-state index contributed by atoms with van der Waals surface area (Å²) in [5.41, 5.74) is 1.24. The number of ether oxygens (including phenoxy) is 1. The van der Waals surface area contributed by atoms with Crippen molar-refractivity contribution in [1.29, 1.82) is 0 Å². The molecule has 0 amide bonds. The van der Waals surface area contributed by atoms with Gasteiger partial charge in [0.1, 0.15) is 10.6 Å². The number of rotatable bonds is 7. The molecule has 1 atom stereocenters. The number of halogens is 2. The summed E-state index contributed by atoms with van der Waals surface area (Å²) in [5.74, 6) is 0.632.